The van der Waals surface area contributed by atoms with E-state index in [-0.39, 0.29) is 0 Å². The van der Waals surface area contributed by atoms with Crippen molar-refractivity contribution in [3.8, 4) is 6.07 Å². The van der Waals surface area contributed by atoms with Crippen molar-refractivity contribution in [3.63, 3.8) is 0 Å². The van der Waals surface area contributed by atoms with Crippen LogP contribution in [0.3, 0.4) is 0 Å². The van der Waals surface area contributed by atoms with Gasteiger partial charge in [-0.2, -0.15) is 5.26 Å². The first kappa shape index (κ1) is 13.4. The van der Waals surface area contributed by atoms with Gasteiger partial charge in [-0.3, -0.25) is 0 Å². The fraction of sp³-hybridized carbons (Fsp3) is 0.647. The van der Waals surface area contributed by atoms with Gasteiger partial charge in [-0.1, -0.05) is 13.3 Å². The van der Waals surface area contributed by atoms with E-state index in [0.29, 0.717) is 0 Å². The number of fused-ring (bicyclic) bond motifs is 1. The quantitative estimate of drug-likeness (QED) is 0.843. The number of aryl methyl sites for hydroxylation is 2. The van der Waals surface area contributed by atoms with E-state index in [1.54, 1.807) is 0 Å². The second kappa shape index (κ2) is 5.83. The second-order valence-electron chi connectivity index (χ2n) is 6.17. The van der Waals surface area contributed by atoms with E-state index >= 15 is 0 Å². The van der Waals surface area contributed by atoms with Gasteiger partial charge in [0.2, 0.25) is 0 Å². The Kier molecular flexibility index (Phi) is 3.91. The van der Waals surface area contributed by atoms with Crippen LogP contribution >= 0.6 is 0 Å². The molecule has 1 unspecified atom stereocenters. The summed E-state index contributed by atoms with van der Waals surface area (Å²) in [6.45, 7) is 4.39. The molecule has 1 aromatic heterocycles. The zero-order chi connectivity index (χ0) is 13.9. The van der Waals surface area contributed by atoms with Crippen molar-refractivity contribution in [2.24, 2.45) is 5.92 Å². The Hall–Kier alpha value is -1.56. The van der Waals surface area contributed by atoms with Crippen LogP contribution in [0.15, 0.2) is 6.07 Å². The van der Waals surface area contributed by atoms with E-state index in [9.17, 15) is 5.26 Å². The number of anilines is 1. The maximum absolute atomic E-state index is 9.43. The van der Waals surface area contributed by atoms with Crippen molar-refractivity contribution in [1.82, 2.24) is 4.98 Å². The third-order valence-corrected chi connectivity index (χ3v) is 4.68. The molecule has 1 aromatic rings. The standard InChI is InChI=1S/C17H23N3/c1-2-5-13-8-9-20(12-13)17-15(11-18)10-14-6-3-4-7-16(14)19-17/h10,13H,2-9,12H2,1H3. The molecule has 3 heteroatoms. The van der Waals surface area contributed by atoms with E-state index in [0.717, 1.165) is 43.2 Å². The van der Waals surface area contributed by atoms with Crippen LogP contribution in [-0.2, 0) is 12.8 Å². The molecule has 1 aliphatic carbocycles. The Morgan fingerprint density at radius 2 is 2.25 bits per heavy atom. The van der Waals surface area contributed by atoms with E-state index in [4.69, 9.17) is 4.98 Å². The molecule has 0 N–H and O–H groups in total. The van der Waals surface area contributed by atoms with Gasteiger partial charge in [0.15, 0.2) is 0 Å². The third-order valence-electron chi connectivity index (χ3n) is 4.68. The molecular formula is C17H23N3. The molecule has 1 atom stereocenters. The number of hydrogen-bond donors (Lipinski definition) is 0. The second-order valence-corrected chi connectivity index (χ2v) is 6.17. The number of aromatic nitrogens is 1. The molecule has 1 fully saturated rings. The van der Waals surface area contributed by atoms with Gasteiger partial charge in [0.25, 0.3) is 0 Å². The molecule has 3 rings (SSSR count). The van der Waals surface area contributed by atoms with Crippen LogP contribution in [0.2, 0.25) is 0 Å². The van der Waals surface area contributed by atoms with Crippen LogP contribution in [0, 0.1) is 17.2 Å². The molecule has 1 aliphatic heterocycles. The molecule has 20 heavy (non-hydrogen) atoms. The summed E-state index contributed by atoms with van der Waals surface area (Å²) in [6.07, 6.45) is 8.45. The van der Waals surface area contributed by atoms with Crippen molar-refractivity contribution in [3.05, 3.63) is 22.9 Å². The lowest BCUT2D eigenvalue weighted by molar-refractivity contribution is 0.529. The highest BCUT2D eigenvalue weighted by molar-refractivity contribution is 5.57. The maximum Gasteiger partial charge on any atom is 0.146 e. The predicted molar refractivity (Wildman–Crippen MR) is 80.8 cm³/mol. The number of nitrogens with zero attached hydrogens (tertiary/aromatic N) is 3. The first-order valence-corrected chi connectivity index (χ1v) is 7.99. The number of pyridine rings is 1. The van der Waals surface area contributed by atoms with E-state index in [2.05, 4.69) is 24.0 Å². The maximum atomic E-state index is 9.43. The third kappa shape index (κ3) is 2.52. The molecule has 0 radical (unpaired) electrons. The highest BCUT2D eigenvalue weighted by Crippen LogP contribution is 2.30. The van der Waals surface area contributed by atoms with Crippen molar-refractivity contribution >= 4 is 5.82 Å². The van der Waals surface area contributed by atoms with E-state index < -0.39 is 0 Å². The summed E-state index contributed by atoms with van der Waals surface area (Å²) in [4.78, 5) is 7.21. The van der Waals surface area contributed by atoms with E-state index in [1.807, 2.05) is 0 Å². The number of rotatable bonds is 3. The molecule has 0 amide bonds. The van der Waals surface area contributed by atoms with E-state index in [1.165, 1.54) is 43.4 Å². The molecule has 2 aliphatic rings. The summed E-state index contributed by atoms with van der Waals surface area (Å²) >= 11 is 0. The largest absolute Gasteiger partial charge is 0.355 e. The minimum Gasteiger partial charge on any atom is -0.355 e. The van der Waals surface area contributed by atoms with Crippen molar-refractivity contribution in [2.45, 2.75) is 51.9 Å². The summed E-state index contributed by atoms with van der Waals surface area (Å²) in [6, 6.07) is 4.47. The smallest absolute Gasteiger partial charge is 0.146 e. The van der Waals surface area contributed by atoms with Gasteiger partial charge in [0, 0.05) is 18.8 Å². The van der Waals surface area contributed by atoms with Gasteiger partial charge in [-0.05, 0) is 56.1 Å². The topological polar surface area (TPSA) is 39.9 Å². The summed E-state index contributed by atoms with van der Waals surface area (Å²) in [5, 5.41) is 9.43. The zero-order valence-electron chi connectivity index (χ0n) is 12.4. The molecule has 3 nitrogen and oxygen atoms in total. The highest BCUT2D eigenvalue weighted by atomic mass is 15.2. The molecule has 2 heterocycles. The summed E-state index contributed by atoms with van der Waals surface area (Å²) in [5.74, 6) is 1.73. The zero-order valence-corrected chi connectivity index (χ0v) is 12.4. The Morgan fingerprint density at radius 3 is 3.05 bits per heavy atom. The normalized spacial score (nSPS) is 21.6. The number of hydrogen-bond acceptors (Lipinski definition) is 3. The lowest BCUT2D eigenvalue weighted by Crippen LogP contribution is -2.23. The van der Waals surface area contributed by atoms with Crippen LogP contribution in [-0.4, -0.2) is 18.1 Å². The highest BCUT2D eigenvalue weighted by Gasteiger charge is 2.26. The molecule has 106 valence electrons. The monoisotopic (exact) mass is 269 g/mol. The Balaban J connectivity index is 1.87. The van der Waals surface area contributed by atoms with Gasteiger partial charge in [0.05, 0.1) is 5.56 Å². The average molecular weight is 269 g/mol. The van der Waals surface area contributed by atoms with Gasteiger partial charge in [0.1, 0.15) is 11.9 Å². The predicted octanol–water partition coefficient (Wildman–Crippen LogP) is 3.46. The first-order chi connectivity index (χ1) is 9.81. The number of nitriles is 1. The SMILES string of the molecule is CCCC1CCN(c2nc3c(cc2C#N)CCCC3)C1. The minimum atomic E-state index is 0.780. The van der Waals surface area contributed by atoms with Gasteiger partial charge >= 0.3 is 0 Å². The average Bonchev–Trinajstić information content (AvgIpc) is 2.94. The van der Waals surface area contributed by atoms with Gasteiger partial charge < -0.3 is 4.90 Å². The van der Waals surface area contributed by atoms with Crippen LogP contribution in [0.1, 0.15) is 55.8 Å². The lowest BCUT2D eigenvalue weighted by atomic mass is 9.95. The van der Waals surface area contributed by atoms with Crippen LogP contribution < -0.4 is 4.90 Å². The summed E-state index contributed by atoms with van der Waals surface area (Å²) in [7, 11) is 0. The van der Waals surface area contributed by atoms with Crippen LogP contribution in [0.25, 0.3) is 0 Å². The van der Waals surface area contributed by atoms with Crippen molar-refractivity contribution in [2.75, 3.05) is 18.0 Å². The van der Waals surface area contributed by atoms with Gasteiger partial charge in [-0.25, -0.2) is 4.98 Å². The molecular weight excluding hydrogens is 246 g/mol. The Bertz CT molecular complexity index is 530. The molecule has 1 saturated heterocycles. The molecule has 0 spiro atoms. The first-order valence-electron chi connectivity index (χ1n) is 7.99. The van der Waals surface area contributed by atoms with Crippen LogP contribution in [0.4, 0.5) is 5.82 Å². The Labute approximate surface area is 121 Å². The van der Waals surface area contributed by atoms with Crippen molar-refractivity contribution < 1.29 is 0 Å². The minimum absolute atomic E-state index is 0.780. The summed E-state index contributed by atoms with van der Waals surface area (Å²) in [5.41, 5.74) is 3.33. The lowest BCUT2D eigenvalue weighted by Gasteiger charge is -2.23. The molecule has 0 saturated carbocycles. The van der Waals surface area contributed by atoms with Crippen molar-refractivity contribution in [1.29, 1.82) is 5.26 Å². The Morgan fingerprint density at radius 1 is 1.40 bits per heavy atom. The fourth-order valence-corrected chi connectivity index (χ4v) is 3.61. The fourth-order valence-electron chi connectivity index (χ4n) is 3.61. The van der Waals surface area contributed by atoms with Gasteiger partial charge in [-0.15, -0.1) is 0 Å². The van der Waals surface area contributed by atoms with Crippen LogP contribution in [0.5, 0.6) is 0 Å². The molecule has 0 aromatic carbocycles. The molecule has 0 bridgehead atoms. The summed E-state index contributed by atoms with van der Waals surface area (Å²) < 4.78 is 0.